The van der Waals surface area contributed by atoms with E-state index in [1.54, 1.807) is 6.33 Å². The molecule has 3 aromatic rings. The summed E-state index contributed by atoms with van der Waals surface area (Å²) < 4.78 is 5.43. The van der Waals surface area contributed by atoms with Gasteiger partial charge in [0.05, 0.1) is 13.2 Å². The zero-order chi connectivity index (χ0) is 21.0. The topological polar surface area (TPSA) is 74.7 Å². The molecule has 31 heavy (non-hydrogen) atoms. The Labute approximate surface area is 185 Å². The van der Waals surface area contributed by atoms with Gasteiger partial charge in [0.15, 0.2) is 0 Å². The van der Waals surface area contributed by atoms with Crippen LogP contribution in [0, 0.1) is 0 Å². The number of ether oxygens (including phenoxy) is 1. The maximum atomic E-state index is 13.0. The molecule has 0 aliphatic carbocycles. The van der Waals surface area contributed by atoms with E-state index >= 15 is 0 Å². The minimum atomic E-state index is -0.00484. The Hall–Kier alpha value is -3.04. The van der Waals surface area contributed by atoms with E-state index in [0.29, 0.717) is 18.8 Å². The van der Waals surface area contributed by atoms with Gasteiger partial charge < -0.3 is 19.4 Å². The Kier molecular flexibility index (Phi) is 5.77. The summed E-state index contributed by atoms with van der Waals surface area (Å²) >= 11 is 1.51. The number of thiazole rings is 1. The molecule has 1 aromatic carbocycles. The fraction of sp³-hybridized carbons (Fsp3) is 0.364. The van der Waals surface area contributed by atoms with Gasteiger partial charge in [0.25, 0.3) is 5.91 Å². The largest absolute Gasteiger partial charge is 0.378 e. The van der Waals surface area contributed by atoms with Crippen LogP contribution in [0.1, 0.15) is 10.5 Å². The van der Waals surface area contributed by atoms with Gasteiger partial charge in [0.1, 0.15) is 28.7 Å². The van der Waals surface area contributed by atoms with E-state index in [4.69, 9.17) is 4.74 Å². The Morgan fingerprint density at radius 2 is 1.58 bits per heavy atom. The molecule has 5 rings (SSSR count). The number of hydrogen-bond acceptors (Lipinski definition) is 8. The van der Waals surface area contributed by atoms with E-state index < -0.39 is 0 Å². The van der Waals surface area contributed by atoms with Gasteiger partial charge >= 0.3 is 0 Å². The molecule has 0 unspecified atom stereocenters. The molecule has 2 aromatic heterocycles. The third kappa shape index (κ3) is 4.38. The van der Waals surface area contributed by atoms with Crippen LogP contribution in [-0.4, -0.2) is 78.2 Å². The second-order valence-corrected chi connectivity index (χ2v) is 8.38. The summed E-state index contributed by atoms with van der Waals surface area (Å²) in [6.45, 7) is 5.91. The summed E-state index contributed by atoms with van der Waals surface area (Å²) in [4.78, 5) is 32.7. The van der Waals surface area contributed by atoms with Crippen molar-refractivity contribution in [2.75, 3.05) is 62.3 Å². The fourth-order valence-electron chi connectivity index (χ4n) is 3.86. The van der Waals surface area contributed by atoms with Gasteiger partial charge in [0, 0.05) is 56.3 Å². The third-order valence-electron chi connectivity index (χ3n) is 5.61. The molecule has 0 saturated carbocycles. The first-order chi connectivity index (χ1) is 15.3. The van der Waals surface area contributed by atoms with Crippen LogP contribution in [-0.2, 0) is 4.74 Å². The maximum Gasteiger partial charge on any atom is 0.273 e. The van der Waals surface area contributed by atoms with Crippen LogP contribution in [0.3, 0.4) is 0 Å². The molecular weight excluding hydrogens is 412 g/mol. The van der Waals surface area contributed by atoms with Crippen molar-refractivity contribution in [2.24, 2.45) is 0 Å². The number of benzene rings is 1. The van der Waals surface area contributed by atoms with Gasteiger partial charge in [0.2, 0.25) is 0 Å². The summed E-state index contributed by atoms with van der Waals surface area (Å²) in [5, 5.41) is 2.73. The maximum absolute atomic E-state index is 13.0. The highest BCUT2D eigenvalue weighted by molar-refractivity contribution is 7.13. The first kappa shape index (κ1) is 19.9. The highest BCUT2D eigenvalue weighted by atomic mass is 32.1. The highest BCUT2D eigenvalue weighted by Gasteiger charge is 2.25. The van der Waals surface area contributed by atoms with Crippen molar-refractivity contribution in [1.82, 2.24) is 19.9 Å². The molecule has 2 fully saturated rings. The van der Waals surface area contributed by atoms with Gasteiger partial charge in [-0.25, -0.2) is 15.0 Å². The van der Waals surface area contributed by atoms with E-state index in [1.807, 2.05) is 46.7 Å². The van der Waals surface area contributed by atoms with Crippen LogP contribution in [0.2, 0.25) is 0 Å². The zero-order valence-electron chi connectivity index (χ0n) is 17.2. The van der Waals surface area contributed by atoms with Crippen molar-refractivity contribution < 1.29 is 9.53 Å². The van der Waals surface area contributed by atoms with Crippen molar-refractivity contribution in [3.05, 3.63) is 53.8 Å². The van der Waals surface area contributed by atoms with E-state index in [-0.39, 0.29) is 5.91 Å². The standard InChI is InChI=1S/C22H24N6O2S/c29-22(18-15-31-21(25-18)17-4-2-1-3-5-17)28-8-6-26(7-9-28)19-14-20(24-16-23-19)27-10-12-30-13-11-27/h1-5,14-16H,6-13H2. The molecule has 2 aliphatic heterocycles. The second-order valence-electron chi connectivity index (χ2n) is 7.52. The van der Waals surface area contributed by atoms with E-state index in [2.05, 4.69) is 24.8 Å². The Bertz CT molecular complexity index is 1030. The number of rotatable bonds is 4. The molecule has 9 heteroatoms. The number of carbonyl (C=O) groups is 1. The number of aromatic nitrogens is 3. The molecule has 160 valence electrons. The summed E-state index contributed by atoms with van der Waals surface area (Å²) in [7, 11) is 0. The third-order valence-corrected chi connectivity index (χ3v) is 6.50. The first-order valence-electron chi connectivity index (χ1n) is 10.5. The molecule has 4 heterocycles. The monoisotopic (exact) mass is 436 g/mol. The molecule has 0 radical (unpaired) electrons. The Morgan fingerprint density at radius 3 is 2.29 bits per heavy atom. The lowest BCUT2D eigenvalue weighted by Gasteiger charge is -2.35. The average molecular weight is 437 g/mol. The fourth-order valence-corrected chi connectivity index (χ4v) is 4.66. The number of nitrogens with zero attached hydrogens (tertiary/aromatic N) is 6. The molecule has 8 nitrogen and oxygen atoms in total. The number of amides is 1. The molecule has 0 bridgehead atoms. The van der Waals surface area contributed by atoms with Crippen molar-refractivity contribution in [3.8, 4) is 10.6 Å². The summed E-state index contributed by atoms with van der Waals surface area (Å²) in [6.07, 6.45) is 1.62. The molecular formula is C22H24N6O2S. The minimum absolute atomic E-state index is 0.00484. The van der Waals surface area contributed by atoms with E-state index in [0.717, 1.165) is 61.6 Å². The lowest BCUT2D eigenvalue weighted by molar-refractivity contribution is 0.0741. The van der Waals surface area contributed by atoms with Crippen LogP contribution in [0.5, 0.6) is 0 Å². The molecule has 2 aliphatic rings. The Balaban J connectivity index is 1.22. The quantitative estimate of drug-likeness (QED) is 0.622. The van der Waals surface area contributed by atoms with Crippen LogP contribution >= 0.6 is 11.3 Å². The summed E-state index contributed by atoms with van der Waals surface area (Å²) in [5.74, 6) is 1.83. The van der Waals surface area contributed by atoms with Crippen molar-refractivity contribution in [2.45, 2.75) is 0 Å². The van der Waals surface area contributed by atoms with Crippen molar-refractivity contribution in [3.63, 3.8) is 0 Å². The molecule has 0 spiro atoms. The van der Waals surface area contributed by atoms with Crippen LogP contribution in [0.15, 0.2) is 48.1 Å². The zero-order valence-corrected chi connectivity index (χ0v) is 18.0. The van der Waals surface area contributed by atoms with E-state index in [1.165, 1.54) is 11.3 Å². The molecule has 0 N–H and O–H groups in total. The number of morpholine rings is 1. The lowest BCUT2D eigenvalue weighted by Crippen LogP contribution is -2.49. The first-order valence-corrected chi connectivity index (χ1v) is 11.4. The molecule has 1 amide bonds. The lowest BCUT2D eigenvalue weighted by atomic mass is 10.2. The summed E-state index contributed by atoms with van der Waals surface area (Å²) in [5.41, 5.74) is 1.56. The van der Waals surface area contributed by atoms with Gasteiger partial charge in [-0.15, -0.1) is 11.3 Å². The second kappa shape index (κ2) is 8.99. The Morgan fingerprint density at radius 1 is 0.903 bits per heavy atom. The van der Waals surface area contributed by atoms with Crippen molar-refractivity contribution in [1.29, 1.82) is 0 Å². The smallest absolute Gasteiger partial charge is 0.273 e. The van der Waals surface area contributed by atoms with Crippen molar-refractivity contribution >= 4 is 28.9 Å². The van der Waals surface area contributed by atoms with Crippen LogP contribution in [0.4, 0.5) is 11.6 Å². The number of piperazine rings is 1. The number of anilines is 2. The summed E-state index contributed by atoms with van der Waals surface area (Å²) in [6, 6.07) is 12.0. The normalized spacial score (nSPS) is 17.1. The minimum Gasteiger partial charge on any atom is -0.378 e. The number of carbonyl (C=O) groups excluding carboxylic acids is 1. The SMILES string of the molecule is O=C(c1csc(-c2ccccc2)n1)N1CCN(c2cc(N3CCOCC3)ncn2)CC1. The van der Waals surface area contributed by atoms with Gasteiger partial charge in [-0.3, -0.25) is 4.79 Å². The molecule has 2 saturated heterocycles. The number of hydrogen-bond donors (Lipinski definition) is 0. The van der Waals surface area contributed by atoms with Gasteiger partial charge in [-0.1, -0.05) is 30.3 Å². The van der Waals surface area contributed by atoms with Gasteiger partial charge in [-0.2, -0.15) is 0 Å². The van der Waals surface area contributed by atoms with Gasteiger partial charge in [-0.05, 0) is 0 Å². The van der Waals surface area contributed by atoms with E-state index in [9.17, 15) is 4.79 Å². The average Bonchev–Trinajstić information content (AvgIpc) is 3.35. The highest BCUT2D eigenvalue weighted by Crippen LogP contribution is 2.25. The van der Waals surface area contributed by atoms with Crippen LogP contribution in [0.25, 0.3) is 10.6 Å². The predicted molar refractivity (Wildman–Crippen MR) is 121 cm³/mol. The molecule has 0 atom stereocenters. The van der Waals surface area contributed by atoms with Crippen LogP contribution < -0.4 is 9.80 Å². The predicted octanol–water partition coefficient (Wildman–Crippen LogP) is 2.40.